The van der Waals surface area contributed by atoms with Gasteiger partial charge in [0.15, 0.2) is 0 Å². The third kappa shape index (κ3) is 74.7. The molecule has 0 heterocycles. The summed E-state index contributed by atoms with van der Waals surface area (Å²) in [5, 5.41) is 23.4. The minimum atomic E-state index is -0.663. The van der Waals surface area contributed by atoms with Crippen LogP contribution in [0.25, 0.3) is 0 Å². The Kier molecular flexibility index (Phi) is 76.3. The van der Waals surface area contributed by atoms with Crippen LogP contribution >= 0.6 is 0 Å². The van der Waals surface area contributed by atoms with E-state index < -0.39 is 12.1 Å². The van der Waals surface area contributed by atoms with Crippen molar-refractivity contribution in [1.82, 2.24) is 5.32 Å². The number of unbranched alkanes of at least 4 members (excludes halogenated alkanes) is 57. The zero-order valence-corrected chi connectivity index (χ0v) is 60.2. The highest BCUT2D eigenvalue weighted by atomic mass is 16.5. The molecule has 0 saturated heterocycles. The minimum absolute atomic E-state index is 0.0119. The summed E-state index contributed by atoms with van der Waals surface area (Å²) in [6.07, 6.45) is 104. The van der Waals surface area contributed by atoms with Crippen molar-refractivity contribution in [2.75, 3.05) is 13.2 Å². The topological polar surface area (TPSA) is 95.9 Å². The Morgan fingerprint density at radius 1 is 0.315 bits per heavy atom. The largest absolute Gasteiger partial charge is 0.466 e. The van der Waals surface area contributed by atoms with Gasteiger partial charge in [0.2, 0.25) is 5.91 Å². The van der Waals surface area contributed by atoms with Gasteiger partial charge in [-0.3, -0.25) is 9.59 Å². The molecule has 89 heavy (non-hydrogen) atoms. The highest BCUT2D eigenvalue weighted by Gasteiger charge is 2.20. The molecule has 0 aromatic carbocycles. The maximum atomic E-state index is 12.5. The van der Waals surface area contributed by atoms with Crippen LogP contribution in [0.5, 0.6) is 0 Å². The lowest BCUT2D eigenvalue weighted by atomic mass is 10.0. The fourth-order valence-electron chi connectivity index (χ4n) is 12.7. The van der Waals surface area contributed by atoms with E-state index in [0.717, 1.165) is 57.8 Å². The van der Waals surface area contributed by atoms with Gasteiger partial charge in [-0.2, -0.15) is 0 Å². The SMILES string of the molecule is CCCCCC/C=C\C/C=C\CCCCCCCCCC(=O)OCCCCCCCCCCCCCCC/C=C\C/C=C\CCCCCCCCCCCCCCCCCCCC(=O)NC(CO)C(O)CCCCCCCCCCCCCCCCCCC. The van der Waals surface area contributed by atoms with Crippen LogP contribution in [0.15, 0.2) is 48.6 Å². The summed E-state index contributed by atoms with van der Waals surface area (Å²) in [4.78, 5) is 24.7. The highest BCUT2D eigenvalue weighted by molar-refractivity contribution is 5.76. The predicted molar refractivity (Wildman–Crippen MR) is 393 cm³/mol. The highest BCUT2D eigenvalue weighted by Crippen LogP contribution is 2.20. The molecule has 6 nitrogen and oxygen atoms in total. The second-order valence-electron chi connectivity index (χ2n) is 27.7. The lowest BCUT2D eigenvalue weighted by Gasteiger charge is -2.22. The van der Waals surface area contributed by atoms with E-state index in [-0.39, 0.29) is 18.5 Å². The minimum Gasteiger partial charge on any atom is -0.466 e. The maximum Gasteiger partial charge on any atom is 0.305 e. The molecule has 0 aliphatic carbocycles. The molecule has 1 amide bonds. The van der Waals surface area contributed by atoms with E-state index >= 15 is 0 Å². The van der Waals surface area contributed by atoms with Crippen molar-refractivity contribution in [3.63, 3.8) is 0 Å². The second-order valence-corrected chi connectivity index (χ2v) is 27.7. The van der Waals surface area contributed by atoms with Gasteiger partial charge in [0.25, 0.3) is 0 Å². The fourth-order valence-corrected chi connectivity index (χ4v) is 12.7. The van der Waals surface area contributed by atoms with Gasteiger partial charge in [-0.15, -0.1) is 0 Å². The number of ether oxygens (including phenoxy) is 1. The summed E-state index contributed by atoms with van der Waals surface area (Å²) in [6, 6.07) is -0.540. The summed E-state index contributed by atoms with van der Waals surface area (Å²) >= 11 is 0. The fraction of sp³-hybridized carbons (Fsp3) is 0.880. The van der Waals surface area contributed by atoms with Crippen LogP contribution in [-0.4, -0.2) is 47.4 Å². The van der Waals surface area contributed by atoms with Crippen molar-refractivity contribution in [2.24, 2.45) is 0 Å². The molecule has 2 atom stereocenters. The number of esters is 1. The third-order valence-corrected chi connectivity index (χ3v) is 18.9. The number of hydrogen-bond acceptors (Lipinski definition) is 5. The zero-order valence-electron chi connectivity index (χ0n) is 60.2. The van der Waals surface area contributed by atoms with Crippen LogP contribution in [-0.2, 0) is 14.3 Å². The first kappa shape index (κ1) is 86.8. The molecule has 0 aliphatic rings. The Balaban J connectivity index is 3.36. The summed E-state index contributed by atoms with van der Waals surface area (Å²) in [5.74, 6) is -0.0166. The molecule has 0 aromatic heterocycles. The van der Waals surface area contributed by atoms with Gasteiger partial charge in [-0.1, -0.05) is 390 Å². The van der Waals surface area contributed by atoms with Crippen molar-refractivity contribution >= 4 is 11.9 Å². The Labute approximate surface area is 556 Å². The monoisotopic (exact) mass is 1250 g/mol. The molecule has 524 valence electrons. The maximum absolute atomic E-state index is 12.5. The van der Waals surface area contributed by atoms with Gasteiger partial charge < -0.3 is 20.3 Å². The first-order valence-corrected chi connectivity index (χ1v) is 40.4. The Bertz CT molecular complexity index is 1490. The number of aliphatic hydroxyl groups excluding tert-OH is 2. The Morgan fingerprint density at radius 2 is 0.562 bits per heavy atom. The Hall–Kier alpha value is -2.18. The standard InChI is InChI=1S/C83H157NO5/c1-3-5-7-9-11-13-15-17-19-21-45-49-53-57-61-65-69-73-77-83(88)89-78-74-70-66-62-58-54-50-46-42-40-38-36-34-32-30-28-26-24-22-23-25-27-29-31-33-35-37-39-41-44-48-52-56-60-64-68-72-76-82(87)84-80(79-85)81(86)75-71-67-63-59-55-51-47-43-20-18-16-14-12-10-8-6-4-2/h13,15,19,21-22,24,28,30,80-81,85-86H,3-12,14,16-18,20,23,25-27,29,31-79H2,1-2H3,(H,84,87)/b15-13-,21-19-,24-22-,30-28-. The van der Waals surface area contributed by atoms with Gasteiger partial charge in [0.05, 0.1) is 25.4 Å². The molecule has 6 heteroatoms. The summed E-state index contributed by atoms with van der Waals surface area (Å²) in [5.41, 5.74) is 0. The predicted octanol–water partition coefficient (Wildman–Crippen LogP) is 26.8. The lowest BCUT2D eigenvalue weighted by Crippen LogP contribution is -2.45. The van der Waals surface area contributed by atoms with Crippen molar-refractivity contribution < 1.29 is 24.5 Å². The summed E-state index contributed by atoms with van der Waals surface area (Å²) in [6.45, 7) is 4.97. The molecule has 2 unspecified atom stereocenters. The van der Waals surface area contributed by atoms with Crippen LogP contribution < -0.4 is 5.32 Å². The van der Waals surface area contributed by atoms with Gasteiger partial charge in [0, 0.05) is 12.8 Å². The van der Waals surface area contributed by atoms with Crippen molar-refractivity contribution in [1.29, 1.82) is 0 Å². The molecule has 0 aliphatic heterocycles. The molecule has 0 radical (unpaired) electrons. The van der Waals surface area contributed by atoms with Gasteiger partial charge >= 0.3 is 5.97 Å². The van der Waals surface area contributed by atoms with Gasteiger partial charge in [0.1, 0.15) is 0 Å². The van der Waals surface area contributed by atoms with Crippen LogP contribution in [0.4, 0.5) is 0 Å². The van der Waals surface area contributed by atoms with Gasteiger partial charge in [-0.05, 0) is 89.9 Å². The van der Waals surface area contributed by atoms with Crippen molar-refractivity contribution in [3.05, 3.63) is 48.6 Å². The molecule has 3 N–H and O–H groups in total. The Morgan fingerprint density at radius 3 is 0.865 bits per heavy atom. The van der Waals surface area contributed by atoms with E-state index in [1.807, 2.05) is 0 Å². The second kappa shape index (κ2) is 78.3. The number of hydrogen-bond donors (Lipinski definition) is 3. The molecule has 0 rings (SSSR count). The van der Waals surface area contributed by atoms with Gasteiger partial charge in [-0.25, -0.2) is 0 Å². The van der Waals surface area contributed by atoms with E-state index in [9.17, 15) is 19.8 Å². The first-order valence-electron chi connectivity index (χ1n) is 40.4. The number of amides is 1. The molecular formula is C83H157NO5. The van der Waals surface area contributed by atoms with E-state index in [1.165, 1.54) is 353 Å². The number of carbonyl (C=O) groups excluding carboxylic acids is 2. The molecule has 0 bridgehead atoms. The molecule has 0 aromatic rings. The number of carbonyl (C=O) groups is 2. The average molecular weight is 1250 g/mol. The van der Waals surface area contributed by atoms with E-state index in [2.05, 4.69) is 67.8 Å². The first-order chi connectivity index (χ1) is 44.0. The van der Waals surface area contributed by atoms with Crippen LogP contribution in [0.1, 0.15) is 444 Å². The quantitative estimate of drug-likeness (QED) is 0.0320. The molecular weight excluding hydrogens is 1090 g/mol. The molecule has 0 spiro atoms. The average Bonchev–Trinajstić information content (AvgIpc) is 3.67. The van der Waals surface area contributed by atoms with Crippen LogP contribution in [0, 0.1) is 0 Å². The number of aliphatic hydroxyl groups is 2. The number of rotatable bonds is 76. The van der Waals surface area contributed by atoms with E-state index in [0.29, 0.717) is 25.9 Å². The summed E-state index contributed by atoms with van der Waals surface area (Å²) in [7, 11) is 0. The summed E-state index contributed by atoms with van der Waals surface area (Å²) < 4.78 is 5.51. The molecule has 0 fully saturated rings. The van der Waals surface area contributed by atoms with Crippen molar-refractivity contribution in [3.8, 4) is 0 Å². The molecule has 0 saturated carbocycles. The lowest BCUT2D eigenvalue weighted by molar-refractivity contribution is -0.143. The van der Waals surface area contributed by atoms with Crippen LogP contribution in [0.2, 0.25) is 0 Å². The van der Waals surface area contributed by atoms with Crippen molar-refractivity contribution in [2.45, 2.75) is 456 Å². The number of allylic oxidation sites excluding steroid dienone is 8. The zero-order chi connectivity index (χ0) is 64.2. The van der Waals surface area contributed by atoms with E-state index in [4.69, 9.17) is 4.74 Å². The third-order valence-electron chi connectivity index (χ3n) is 18.9. The van der Waals surface area contributed by atoms with Crippen LogP contribution in [0.3, 0.4) is 0 Å². The smallest absolute Gasteiger partial charge is 0.305 e. The van der Waals surface area contributed by atoms with E-state index in [1.54, 1.807) is 0 Å². The number of nitrogens with one attached hydrogen (secondary N) is 1. The normalized spacial score (nSPS) is 12.7.